The Labute approximate surface area is 202 Å². The highest BCUT2D eigenvalue weighted by Gasteiger charge is 2.29. The van der Waals surface area contributed by atoms with Gasteiger partial charge in [0.25, 0.3) is 5.91 Å². The molecule has 34 heavy (non-hydrogen) atoms. The largest absolute Gasteiger partial charge is 0.399 e. The van der Waals surface area contributed by atoms with E-state index in [1.807, 2.05) is 24.1 Å². The third kappa shape index (κ3) is 4.10. The van der Waals surface area contributed by atoms with Crippen molar-refractivity contribution in [1.82, 2.24) is 19.7 Å². The minimum Gasteiger partial charge on any atom is -0.399 e. The van der Waals surface area contributed by atoms with E-state index in [-0.39, 0.29) is 5.91 Å². The van der Waals surface area contributed by atoms with E-state index in [2.05, 4.69) is 52.9 Å². The average Bonchev–Trinajstić information content (AvgIpc) is 3.18. The molecule has 0 atom stereocenters. The van der Waals surface area contributed by atoms with Crippen LogP contribution in [0.1, 0.15) is 83.7 Å². The molecule has 0 bridgehead atoms. The molecular formula is C28H35N5O. The van der Waals surface area contributed by atoms with E-state index in [1.54, 1.807) is 0 Å². The monoisotopic (exact) mass is 457 g/mol. The lowest BCUT2D eigenvalue weighted by Gasteiger charge is -2.33. The quantitative estimate of drug-likeness (QED) is 0.533. The minimum absolute atomic E-state index is 0.132. The molecule has 6 nitrogen and oxygen atoms in total. The molecule has 1 saturated heterocycles. The summed E-state index contributed by atoms with van der Waals surface area (Å²) >= 11 is 0. The molecule has 1 aromatic heterocycles. The normalized spacial score (nSPS) is 17.1. The van der Waals surface area contributed by atoms with E-state index in [4.69, 9.17) is 5.73 Å². The maximum absolute atomic E-state index is 13.7. The van der Waals surface area contributed by atoms with Crippen LogP contribution in [0, 0.1) is 6.92 Å². The number of hydrogen-bond acceptors (Lipinski definition) is 4. The lowest BCUT2D eigenvalue weighted by atomic mass is 9.77. The van der Waals surface area contributed by atoms with Crippen molar-refractivity contribution in [2.45, 2.75) is 64.2 Å². The highest BCUT2D eigenvalue weighted by molar-refractivity contribution is 5.97. The van der Waals surface area contributed by atoms with E-state index < -0.39 is 0 Å². The van der Waals surface area contributed by atoms with Crippen LogP contribution >= 0.6 is 0 Å². The lowest BCUT2D eigenvalue weighted by molar-refractivity contribution is 0.0712. The third-order valence-corrected chi connectivity index (χ3v) is 7.88. The fourth-order valence-corrected chi connectivity index (χ4v) is 5.47. The highest BCUT2D eigenvalue weighted by Crippen LogP contribution is 2.42. The Morgan fingerprint density at radius 1 is 1.03 bits per heavy atom. The molecule has 1 saturated carbocycles. The first kappa shape index (κ1) is 22.6. The number of aryl methyl sites for hydroxylation is 2. The molecule has 2 heterocycles. The number of likely N-dealkylation sites (tertiary alicyclic amines) is 1. The molecule has 178 valence electrons. The van der Waals surface area contributed by atoms with Crippen LogP contribution in [0.3, 0.4) is 0 Å². The van der Waals surface area contributed by atoms with Crippen LogP contribution in [0.4, 0.5) is 5.69 Å². The summed E-state index contributed by atoms with van der Waals surface area (Å²) in [6, 6.07) is 12.5. The van der Waals surface area contributed by atoms with Crippen LogP contribution in [-0.2, 0) is 13.5 Å². The van der Waals surface area contributed by atoms with Crippen molar-refractivity contribution in [3.05, 3.63) is 64.5 Å². The summed E-state index contributed by atoms with van der Waals surface area (Å²) in [6.45, 7) is 5.72. The van der Waals surface area contributed by atoms with Crippen LogP contribution in [-0.4, -0.2) is 38.7 Å². The SMILES string of the molecule is CCc1nnc(-c2cc(C(=O)N3CCC(c4ccc(N)cc4)CC3)c(C)cc2C2CCC2)n1C. The van der Waals surface area contributed by atoms with Crippen molar-refractivity contribution in [2.24, 2.45) is 7.05 Å². The number of aromatic nitrogens is 3. The molecule has 2 N–H and O–H groups in total. The second-order valence-electron chi connectivity index (χ2n) is 9.97. The van der Waals surface area contributed by atoms with Gasteiger partial charge in [0.1, 0.15) is 5.82 Å². The first-order valence-electron chi connectivity index (χ1n) is 12.6. The van der Waals surface area contributed by atoms with Crippen LogP contribution in [0.25, 0.3) is 11.4 Å². The summed E-state index contributed by atoms with van der Waals surface area (Å²) in [5, 5.41) is 8.92. The number of rotatable bonds is 5. The second kappa shape index (κ2) is 9.24. The molecule has 3 aromatic rings. The van der Waals surface area contributed by atoms with Gasteiger partial charge in [-0.2, -0.15) is 0 Å². The fraction of sp³-hybridized carbons (Fsp3) is 0.464. The van der Waals surface area contributed by atoms with Crippen LogP contribution < -0.4 is 5.73 Å². The van der Waals surface area contributed by atoms with Crippen molar-refractivity contribution in [3.8, 4) is 11.4 Å². The van der Waals surface area contributed by atoms with E-state index in [1.165, 1.54) is 30.4 Å². The van der Waals surface area contributed by atoms with E-state index in [0.717, 1.165) is 66.4 Å². The number of benzene rings is 2. The molecule has 0 spiro atoms. The first-order chi connectivity index (χ1) is 16.5. The van der Waals surface area contributed by atoms with Crippen LogP contribution in [0.2, 0.25) is 0 Å². The molecule has 1 amide bonds. The molecular weight excluding hydrogens is 422 g/mol. The number of carbonyl (C=O) groups is 1. The van der Waals surface area contributed by atoms with Gasteiger partial charge < -0.3 is 15.2 Å². The van der Waals surface area contributed by atoms with Crippen molar-refractivity contribution in [2.75, 3.05) is 18.8 Å². The Bertz CT molecular complexity index is 1180. The van der Waals surface area contributed by atoms with Gasteiger partial charge in [-0.3, -0.25) is 4.79 Å². The predicted molar refractivity (Wildman–Crippen MR) is 136 cm³/mol. The van der Waals surface area contributed by atoms with E-state index in [9.17, 15) is 4.79 Å². The molecule has 0 unspecified atom stereocenters. The number of nitrogens with zero attached hydrogens (tertiary/aromatic N) is 4. The zero-order valence-electron chi connectivity index (χ0n) is 20.6. The molecule has 2 aromatic carbocycles. The van der Waals surface area contributed by atoms with Gasteiger partial charge in [-0.15, -0.1) is 10.2 Å². The number of nitrogens with two attached hydrogens (primary N) is 1. The summed E-state index contributed by atoms with van der Waals surface area (Å²) in [5.41, 5.74) is 12.2. The van der Waals surface area contributed by atoms with Gasteiger partial charge in [0.15, 0.2) is 5.82 Å². The van der Waals surface area contributed by atoms with Gasteiger partial charge >= 0.3 is 0 Å². The number of hydrogen-bond donors (Lipinski definition) is 1. The molecule has 5 rings (SSSR count). The average molecular weight is 458 g/mol. The molecule has 0 radical (unpaired) electrons. The van der Waals surface area contributed by atoms with Gasteiger partial charge in [0.2, 0.25) is 0 Å². The topological polar surface area (TPSA) is 77.0 Å². The number of piperidine rings is 1. The van der Waals surface area contributed by atoms with Gasteiger partial charge in [-0.25, -0.2) is 0 Å². The third-order valence-electron chi connectivity index (χ3n) is 7.88. The Balaban J connectivity index is 1.41. The van der Waals surface area contributed by atoms with Crippen molar-refractivity contribution in [1.29, 1.82) is 0 Å². The maximum atomic E-state index is 13.7. The number of nitrogen functional groups attached to an aromatic ring is 1. The molecule has 1 aliphatic heterocycles. The van der Waals surface area contributed by atoms with Crippen LogP contribution in [0.15, 0.2) is 36.4 Å². The second-order valence-corrected chi connectivity index (χ2v) is 9.97. The van der Waals surface area contributed by atoms with E-state index >= 15 is 0 Å². The zero-order chi connectivity index (χ0) is 23.8. The Morgan fingerprint density at radius 2 is 1.74 bits per heavy atom. The Kier molecular flexibility index (Phi) is 6.15. The van der Waals surface area contributed by atoms with Gasteiger partial charge in [0.05, 0.1) is 0 Å². The molecule has 6 heteroatoms. The Hall–Kier alpha value is -3.15. The summed E-state index contributed by atoms with van der Waals surface area (Å²) in [4.78, 5) is 15.7. The molecule has 1 aliphatic carbocycles. The van der Waals surface area contributed by atoms with Crippen molar-refractivity contribution >= 4 is 11.6 Å². The standard InChI is InChI=1S/C28H35N5O/c1-4-26-30-31-27(32(26)3)25-17-23(18(2)16-24(25)21-6-5-7-21)28(34)33-14-12-20(13-15-33)19-8-10-22(29)11-9-19/h8-11,16-17,20-21H,4-7,12-15,29H2,1-3H3. The first-order valence-corrected chi connectivity index (χ1v) is 12.6. The fourth-order valence-electron chi connectivity index (χ4n) is 5.47. The van der Waals surface area contributed by atoms with Crippen molar-refractivity contribution in [3.63, 3.8) is 0 Å². The van der Waals surface area contributed by atoms with Crippen molar-refractivity contribution < 1.29 is 4.79 Å². The zero-order valence-corrected chi connectivity index (χ0v) is 20.6. The maximum Gasteiger partial charge on any atom is 0.254 e. The minimum atomic E-state index is 0.132. The number of carbonyl (C=O) groups excluding carboxylic acids is 1. The highest BCUT2D eigenvalue weighted by atomic mass is 16.2. The summed E-state index contributed by atoms with van der Waals surface area (Å²) in [7, 11) is 2.03. The number of amides is 1. The lowest BCUT2D eigenvalue weighted by Crippen LogP contribution is -2.38. The van der Waals surface area contributed by atoms with Gasteiger partial charge in [-0.1, -0.05) is 31.5 Å². The van der Waals surface area contributed by atoms with E-state index in [0.29, 0.717) is 11.8 Å². The molecule has 2 fully saturated rings. The summed E-state index contributed by atoms with van der Waals surface area (Å²) in [5.74, 6) is 3.00. The summed E-state index contributed by atoms with van der Waals surface area (Å²) < 4.78 is 2.08. The number of anilines is 1. The van der Waals surface area contributed by atoms with Gasteiger partial charge in [0, 0.05) is 43.4 Å². The molecule has 2 aliphatic rings. The Morgan fingerprint density at radius 3 is 2.32 bits per heavy atom. The van der Waals surface area contributed by atoms with Crippen LogP contribution in [0.5, 0.6) is 0 Å². The van der Waals surface area contributed by atoms with Gasteiger partial charge in [-0.05, 0) is 79.3 Å². The smallest absolute Gasteiger partial charge is 0.254 e. The summed E-state index contributed by atoms with van der Waals surface area (Å²) in [6.07, 6.45) is 6.47. The predicted octanol–water partition coefficient (Wildman–Crippen LogP) is 5.22.